The minimum absolute atomic E-state index is 0.344. The highest BCUT2D eigenvalue weighted by atomic mass is 16.6. The number of methoxy groups -OCH3 is 2. The lowest BCUT2D eigenvalue weighted by Crippen LogP contribution is -2.55. The molecule has 0 aliphatic heterocycles. The number of likely N-dealkylation sites (N-methyl/N-ethyl adjacent to an activating group) is 1. The Labute approximate surface area is 159 Å². The molecule has 1 rings (SSSR count). The van der Waals surface area contributed by atoms with E-state index >= 15 is 0 Å². The van der Waals surface area contributed by atoms with Crippen LogP contribution in [-0.2, 0) is 28.6 Å². The molecule has 1 unspecified atom stereocenters. The van der Waals surface area contributed by atoms with Gasteiger partial charge in [0.25, 0.3) is 0 Å². The standard InChI is InChI=1S/C18H30N2O7/c1-9-11(15(22)25-7)12(16(23)26-8)14(13(9)19-10(2)21)20(6)17(24)27-18(3,4)5/h9,11-14H,1-8H3,(H,19,21)/t9-,11?,12+,13+,14+/m1/s1. The summed E-state index contributed by atoms with van der Waals surface area (Å²) >= 11 is 0. The largest absolute Gasteiger partial charge is 0.469 e. The number of esters is 2. The molecule has 9 heteroatoms. The summed E-state index contributed by atoms with van der Waals surface area (Å²) in [5.74, 6) is -3.97. The molecule has 0 aromatic rings. The average Bonchev–Trinajstić information content (AvgIpc) is 2.83. The van der Waals surface area contributed by atoms with Gasteiger partial charge in [-0.3, -0.25) is 14.4 Å². The second-order valence-electron chi connectivity index (χ2n) is 7.77. The molecule has 154 valence electrons. The van der Waals surface area contributed by atoms with Crippen molar-refractivity contribution in [1.82, 2.24) is 10.2 Å². The van der Waals surface area contributed by atoms with E-state index in [4.69, 9.17) is 14.2 Å². The van der Waals surface area contributed by atoms with E-state index < -0.39 is 53.5 Å². The van der Waals surface area contributed by atoms with Crippen molar-refractivity contribution in [3.05, 3.63) is 0 Å². The third-order valence-corrected chi connectivity index (χ3v) is 4.70. The molecule has 0 saturated heterocycles. The van der Waals surface area contributed by atoms with Crippen molar-refractivity contribution in [3.63, 3.8) is 0 Å². The topological polar surface area (TPSA) is 111 Å². The van der Waals surface area contributed by atoms with Gasteiger partial charge in [0.1, 0.15) is 5.60 Å². The van der Waals surface area contributed by atoms with Gasteiger partial charge in [-0.05, 0) is 26.7 Å². The zero-order chi connectivity index (χ0) is 21.1. The molecule has 0 spiro atoms. The Morgan fingerprint density at radius 2 is 1.44 bits per heavy atom. The molecule has 0 aromatic heterocycles. The normalized spacial score (nSPS) is 27.5. The van der Waals surface area contributed by atoms with Gasteiger partial charge in [0.05, 0.1) is 38.1 Å². The van der Waals surface area contributed by atoms with Crippen LogP contribution < -0.4 is 5.32 Å². The number of hydrogen-bond acceptors (Lipinski definition) is 7. The molecule has 2 amide bonds. The molecule has 5 atom stereocenters. The molecule has 1 aliphatic rings. The van der Waals surface area contributed by atoms with E-state index in [0.717, 1.165) is 0 Å². The first-order valence-electron chi connectivity index (χ1n) is 8.74. The summed E-state index contributed by atoms with van der Waals surface area (Å²) in [6, 6.07) is -1.50. The molecule has 1 aliphatic carbocycles. The summed E-state index contributed by atoms with van der Waals surface area (Å²) in [5.41, 5.74) is -0.748. The van der Waals surface area contributed by atoms with Crippen molar-refractivity contribution in [2.24, 2.45) is 17.8 Å². The fourth-order valence-corrected chi connectivity index (χ4v) is 3.61. The zero-order valence-electron chi connectivity index (χ0n) is 17.2. The third kappa shape index (κ3) is 5.11. The van der Waals surface area contributed by atoms with Gasteiger partial charge in [0.15, 0.2) is 0 Å². The monoisotopic (exact) mass is 386 g/mol. The number of amides is 2. The van der Waals surface area contributed by atoms with E-state index in [1.54, 1.807) is 27.7 Å². The predicted molar refractivity (Wildman–Crippen MR) is 95.6 cm³/mol. The van der Waals surface area contributed by atoms with Crippen molar-refractivity contribution < 1.29 is 33.4 Å². The van der Waals surface area contributed by atoms with E-state index in [1.807, 2.05) is 0 Å². The smallest absolute Gasteiger partial charge is 0.410 e. The number of carbonyl (C=O) groups is 4. The number of nitrogens with zero attached hydrogens (tertiary/aromatic N) is 1. The van der Waals surface area contributed by atoms with Crippen molar-refractivity contribution >= 4 is 23.9 Å². The molecule has 0 heterocycles. The van der Waals surface area contributed by atoms with Gasteiger partial charge in [0, 0.05) is 14.0 Å². The van der Waals surface area contributed by atoms with E-state index in [2.05, 4.69) is 5.32 Å². The quantitative estimate of drug-likeness (QED) is 0.566. The molecule has 0 radical (unpaired) electrons. The molecule has 27 heavy (non-hydrogen) atoms. The van der Waals surface area contributed by atoms with Crippen molar-refractivity contribution in [3.8, 4) is 0 Å². The van der Waals surface area contributed by atoms with Gasteiger partial charge in [-0.15, -0.1) is 0 Å². The van der Waals surface area contributed by atoms with Crippen LogP contribution in [0, 0.1) is 17.8 Å². The second kappa shape index (κ2) is 8.58. The van der Waals surface area contributed by atoms with E-state index in [-0.39, 0.29) is 5.91 Å². The molecule has 0 aromatic carbocycles. The Morgan fingerprint density at radius 3 is 1.85 bits per heavy atom. The lowest BCUT2D eigenvalue weighted by Gasteiger charge is -2.35. The highest BCUT2D eigenvalue weighted by Gasteiger charge is 2.58. The Hall–Kier alpha value is -2.32. The first-order valence-corrected chi connectivity index (χ1v) is 8.74. The lowest BCUT2D eigenvalue weighted by molar-refractivity contribution is -0.158. The number of rotatable bonds is 4. The van der Waals surface area contributed by atoms with Crippen LogP contribution in [0.3, 0.4) is 0 Å². The summed E-state index contributed by atoms with van der Waals surface area (Å²) in [5, 5.41) is 2.75. The van der Waals surface area contributed by atoms with Crippen LogP contribution in [0.15, 0.2) is 0 Å². The minimum atomic E-state index is -1.01. The molecular formula is C18H30N2O7. The number of carbonyl (C=O) groups excluding carboxylic acids is 4. The summed E-state index contributed by atoms with van der Waals surface area (Å²) in [6.07, 6.45) is -0.672. The highest BCUT2D eigenvalue weighted by Crippen LogP contribution is 2.41. The van der Waals surface area contributed by atoms with Gasteiger partial charge in [-0.2, -0.15) is 0 Å². The maximum absolute atomic E-state index is 12.6. The maximum Gasteiger partial charge on any atom is 0.410 e. The maximum atomic E-state index is 12.6. The van der Waals surface area contributed by atoms with E-state index in [1.165, 1.54) is 33.1 Å². The van der Waals surface area contributed by atoms with Crippen LogP contribution in [0.4, 0.5) is 4.79 Å². The molecule has 9 nitrogen and oxygen atoms in total. The molecule has 1 saturated carbocycles. The van der Waals surface area contributed by atoms with Gasteiger partial charge >= 0.3 is 18.0 Å². The highest BCUT2D eigenvalue weighted by molar-refractivity contribution is 5.85. The van der Waals surface area contributed by atoms with Crippen molar-refractivity contribution in [2.75, 3.05) is 21.3 Å². The zero-order valence-corrected chi connectivity index (χ0v) is 17.2. The summed E-state index contributed by atoms with van der Waals surface area (Å²) < 4.78 is 15.1. The Kier molecular flexibility index (Phi) is 7.22. The van der Waals surface area contributed by atoms with Crippen LogP contribution in [-0.4, -0.2) is 67.8 Å². The third-order valence-electron chi connectivity index (χ3n) is 4.70. The predicted octanol–water partition coefficient (Wildman–Crippen LogP) is 0.955. The Balaban J connectivity index is 3.40. The first-order chi connectivity index (χ1) is 12.4. The number of nitrogens with one attached hydrogen (secondary N) is 1. The second-order valence-corrected chi connectivity index (χ2v) is 7.77. The van der Waals surface area contributed by atoms with Gasteiger partial charge < -0.3 is 24.4 Å². The average molecular weight is 386 g/mol. The molecule has 1 fully saturated rings. The summed E-state index contributed by atoms with van der Waals surface area (Å²) in [7, 11) is 3.90. The number of ether oxygens (including phenoxy) is 3. The molecule has 0 bridgehead atoms. The van der Waals surface area contributed by atoms with Crippen molar-refractivity contribution in [1.29, 1.82) is 0 Å². The van der Waals surface area contributed by atoms with Gasteiger partial charge in [0.2, 0.25) is 5.91 Å². The fourth-order valence-electron chi connectivity index (χ4n) is 3.61. The lowest BCUT2D eigenvalue weighted by atomic mass is 9.89. The first kappa shape index (κ1) is 22.7. The van der Waals surface area contributed by atoms with E-state index in [9.17, 15) is 19.2 Å². The summed E-state index contributed by atoms with van der Waals surface area (Å²) in [4.78, 5) is 50.5. The van der Waals surface area contributed by atoms with Crippen molar-refractivity contribution in [2.45, 2.75) is 52.3 Å². The van der Waals surface area contributed by atoms with Crippen LogP contribution in [0.25, 0.3) is 0 Å². The SMILES string of the molecule is COC(=O)C1[C@@H](C)[C@H](NC(C)=O)[C@@H](N(C)C(=O)OC(C)(C)C)[C@H]1C(=O)OC. The van der Waals surface area contributed by atoms with Crippen LogP contribution in [0.2, 0.25) is 0 Å². The van der Waals surface area contributed by atoms with Crippen LogP contribution in [0.5, 0.6) is 0 Å². The molecule has 1 N–H and O–H groups in total. The minimum Gasteiger partial charge on any atom is -0.469 e. The molecular weight excluding hydrogens is 356 g/mol. The van der Waals surface area contributed by atoms with E-state index in [0.29, 0.717) is 0 Å². The summed E-state index contributed by atoms with van der Waals surface area (Å²) in [6.45, 7) is 8.21. The Bertz CT molecular complexity index is 599. The number of hydrogen-bond donors (Lipinski definition) is 1. The van der Waals surface area contributed by atoms with Gasteiger partial charge in [-0.25, -0.2) is 4.79 Å². The fraction of sp³-hybridized carbons (Fsp3) is 0.778. The van der Waals surface area contributed by atoms with Crippen LogP contribution >= 0.6 is 0 Å². The Morgan fingerprint density at radius 1 is 0.963 bits per heavy atom. The van der Waals surface area contributed by atoms with Gasteiger partial charge in [-0.1, -0.05) is 6.92 Å². The van der Waals surface area contributed by atoms with Crippen LogP contribution in [0.1, 0.15) is 34.6 Å².